The number of fused-ring (bicyclic) bond motifs is 1. The fourth-order valence-corrected chi connectivity index (χ4v) is 2.75. The molecule has 5 nitrogen and oxygen atoms in total. The van der Waals surface area contributed by atoms with Crippen LogP contribution in [0, 0.1) is 0 Å². The quantitative estimate of drug-likeness (QED) is 0.809. The molecule has 1 fully saturated rings. The van der Waals surface area contributed by atoms with Crippen molar-refractivity contribution in [3.05, 3.63) is 24.3 Å². The van der Waals surface area contributed by atoms with Gasteiger partial charge in [0.25, 0.3) is 17.9 Å². The molecule has 1 atom stereocenters. The van der Waals surface area contributed by atoms with Gasteiger partial charge in [0.2, 0.25) is 0 Å². The summed E-state index contributed by atoms with van der Waals surface area (Å²) in [6.07, 6.45) is 4.36. The summed E-state index contributed by atoms with van der Waals surface area (Å²) in [5.74, 6) is -0.211. The molecule has 1 unspecified atom stereocenters. The van der Waals surface area contributed by atoms with E-state index in [9.17, 15) is 9.59 Å². The first-order valence-electron chi connectivity index (χ1n) is 7.11. The van der Waals surface area contributed by atoms with Gasteiger partial charge in [0.1, 0.15) is 5.75 Å². The van der Waals surface area contributed by atoms with Crippen LogP contribution in [0.4, 0.5) is 5.69 Å². The maximum atomic E-state index is 12.2. The SMILES string of the molecule is O=C1Nc2ccccc2OC1C(=O)NC1CCCCC1. The molecule has 0 saturated heterocycles. The van der Waals surface area contributed by atoms with Crippen molar-refractivity contribution in [3.8, 4) is 5.75 Å². The minimum absolute atomic E-state index is 0.171. The highest BCUT2D eigenvalue weighted by Gasteiger charge is 2.34. The molecule has 1 aliphatic carbocycles. The van der Waals surface area contributed by atoms with Gasteiger partial charge in [-0.25, -0.2) is 0 Å². The highest BCUT2D eigenvalue weighted by atomic mass is 16.5. The van der Waals surface area contributed by atoms with Crippen LogP contribution in [0.1, 0.15) is 32.1 Å². The number of hydrogen-bond acceptors (Lipinski definition) is 3. The van der Waals surface area contributed by atoms with Crippen molar-refractivity contribution in [2.75, 3.05) is 5.32 Å². The van der Waals surface area contributed by atoms with E-state index in [0.29, 0.717) is 11.4 Å². The number of carbonyl (C=O) groups is 2. The summed E-state index contributed by atoms with van der Waals surface area (Å²) in [6.45, 7) is 0. The number of anilines is 1. The van der Waals surface area contributed by atoms with Gasteiger partial charge < -0.3 is 15.4 Å². The van der Waals surface area contributed by atoms with Crippen LogP contribution in [0.15, 0.2) is 24.3 Å². The first-order chi connectivity index (χ1) is 9.74. The standard InChI is InChI=1S/C15H18N2O3/c18-14(16-10-6-2-1-3-7-10)13-15(19)17-11-8-4-5-9-12(11)20-13/h4-5,8-10,13H,1-3,6-7H2,(H,16,18)(H,17,19). The average molecular weight is 274 g/mol. The number of rotatable bonds is 2. The van der Waals surface area contributed by atoms with Crippen LogP contribution in [0.5, 0.6) is 5.75 Å². The third kappa shape index (κ3) is 2.61. The number of nitrogens with one attached hydrogen (secondary N) is 2. The van der Waals surface area contributed by atoms with Crippen molar-refractivity contribution < 1.29 is 14.3 Å². The molecular formula is C15H18N2O3. The fraction of sp³-hybridized carbons (Fsp3) is 0.467. The molecule has 0 radical (unpaired) electrons. The average Bonchev–Trinajstić information content (AvgIpc) is 2.47. The van der Waals surface area contributed by atoms with E-state index in [0.717, 1.165) is 25.7 Å². The van der Waals surface area contributed by atoms with Gasteiger partial charge in [-0.15, -0.1) is 0 Å². The highest BCUT2D eigenvalue weighted by molar-refractivity contribution is 6.11. The normalized spacial score (nSPS) is 22.4. The Morgan fingerprint density at radius 3 is 2.75 bits per heavy atom. The zero-order valence-electron chi connectivity index (χ0n) is 11.2. The molecule has 0 bridgehead atoms. The number of benzene rings is 1. The predicted octanol–water partition coefficient (Wildman–Crippen LogP) is 1.83. The van der Waals surface area contributed by atoms with Gasteiger partial charge in [-0.2, -0.15) is 0 Å². The Kier molecular flexibility index (Phi) is 3.58. The lowest BCUT2D eigenvalue weighted by Crippen LogP contribution is -2.51. The lowest BCUT2D eigenvalue weighted by Gasteiger charge is -2.28. The van der Waals surface area contributed by atoms with Gasteiger partial charge in [-0.3, -0.25) is 9.59 Å². The maximum absolute atomic E-state index is 12.2. The zero-order chi connectivity index (χ0) is 13.9. The Labute approximate surface area is 117 Å². The first-order valence-corrected chi connectivity index (χ1v) is 7.11. The second-order valence-electron chi connectivity index (χ2n) is 5.33. The molecule has 3 rings (SSSR count). The van der Waals surface area contributed by atoms with E-state index in [1.165, 1.54) is 6.42 Å². The summed E-state index contributed by atoms with van der Waals surface area (Å²) in [6, 6.07) is 7.29. The molecule has 0 spiro atoms. The topological polar surface area (TPSA) is 67.4 Å². The molecule has 1 heterocycles. The molecule has 1 aromatic carbocycles. The van der Waals surface area contributed by atoms with Crippen LogP contribution < -0.4 is 15.4 Å². The molecule has 0 aromatic heterocycles. The van der Waals surface area contributed by atoms with Gasteiger partial charge in [-0.05, 0) is 25.0 Å². The summed E-state index contributed by atoms with van der Waals surface area (Å²) >= 11 is 0. The third-order valence-electron chi connectivity index (χ3n) is 3.82. The Bertz CT molecular complexity index is 524. The molecular weight excluding hydrogens is 256 g/mol. The van der Waals surface area contributed by atoms with E-state index in [2.05, 4.69) is 10.6 Å². The third-order valence-corrected chi connectivity index (χ3v) is 3.82. The molecule has 106 valence electrons. The molecule has 1 aromatic rings. The van der Waals surface area contributed by atoms with Gasteiger partial charge >= 0.3 is 0 Å². The van der Waals surface area contributed by atoms with Crippen molar-refractivity contribution >= 4 is 17.5 Å². The maximum Gasteiger partial charge on any atom is 0.275 e. The number of carbonyl (C=O) groups excluding carboxylic acids is 2. The van der Waals surface area contributed by atoms with Crippen LogP contribution >= 0.6 is 0 Å². The summed E-state index contributed by atoms with van der Waals surface area (Å²) in [7, 11) is 0. The number of para-hydroxylation sites is 2. The highest BCUT2D eigenvalue weighted by Crippen LogP contribution is 2.29. The molecule has 5 heteroatoms. The van der Waals surface area contributed by atoms with E-state index >= 15 is 0 Å². The van der Waals surface area contributed by atoms with Gasteiger partial charge in [0.05, 0.1) is 5.69 Å². The van der Waals surface area contributed by atoms with E-state index in [-0.39, 0.29) is 11.9 Å². The van der Waals surface area contributed by atoms with Crippen molar-refractivity contribution in [2.24, 2.45) is 0 Å². The minimum atomic E-state index is -1.09. The number of amides is 2. The second kappa shape index (κ2) is 5.53. The summed E-state index contributed by atoms with van der Waals surface area (Å²) in [4.78, 5) is 24.1. The molecule has 2 aliphatic rings. The van der Waals surface area contributed by atoms with Crippen LogP contribution in [0.2, 0.25) is 0 Å². The van der Waals surface area contributed by atoms with Crippen LogP contribution in [-0.2, 0) is 9.59 Å². The van der Waals surface area contributed by atoms with Crippen molar-refractivity contribution in [3.63, 3.8) is 0 Å². The largest absolute Gasteiger partial charge is 0.468 e. The fourth-order valence-electron chi connectivity index (χ4n) is 2.75. The Morgan fingerprint density at radius 1 is 1.20 bits per heavy atom. The van der Waals surface area contributed by atoms with E-state index in [1.54, 1.807) is 12.1 Å². The minimum Gasteiger partial charge on any atom is -0.468 e. The van der Waals surface area contributed by atoms with E-state index in [1.807, 2.05) is 12.1 Å². The smallest absolute Gasteiger partial charge is 0.275 e. The zero-order valence-corrected chi connectivity index (χ0v) is 11.2. The van der Waals surface area contributed by atoms with Crippen molar-refractivity contribution in [1.82, 2.24) is 5.32 Å². The van der Waals surface area contributed by atoms with Crippen molar-refractivity contribution in [2.45, 2.75) is 44.2 Å². The number of hydrogen-bond donors (Lipinski definition) is 2. The lowest BCUT2D eigenvalue weighted by molar-refractivity contribution is -0.137. The molecule has 1 aliphatic heterocycles. The summed E-state index contributed by atoms with van der Waals surface area (Å²) in [5.41, 5.74) is 0.610. The number of ether oxygens (including phenoxy) is 1. The Hall–Kier alpha value is -2.04. The molecule has 20 heavy (non-hydrogen) atoms. The van der Waals surface area contributed by atoms with Gasteiger partial charge in [0.15, 0.2) is 0 Å². The predicted molar refractivity (Wildman–Crippen MR) is 74.5 cm³/mol. The van der Waals surface area contributed by atoms with E-state index in [4.69, 9.17) is 4.74 Å². The monoisotopic (exact) mass is 274 g/mol. The molecule has 2 amide bonds. The molecule has 1 saturated carbocycles. The van der Waals surface area contributed by atoms with Gasteiger partial charge in [-0.1, -0.05) is 31.4 Å². The van der Waals surface area contributed by atoms with Crippen LogP contribution in [0.3, 0.4) is 0 Å². The summed E-state index contributed by atoms with van der Waals surface area (Å²) < 4.78 is 5.52. The van der Waals surface area contributed by atoms with Crippen LogP contribution in [0.25, 0.3) is 0 Å². The lowest BCUT2D eigenvalue weighted by atomic mass is 9.95. The van der Waals surface area contributed by atoms with Crippen LogP contribution in [-0.4, -0.2) is 24.0 Å². The Morgan fingerprint density at radius 2 is 1.95 bits per heavy atom. The summed E-state index contributed by atoms with van der Waals surface area (Å²) in [5, 5.41) is 5.63. The first kappa shape index (κ1) is 13.0. The van der Waals surface area contributed by atoms with Gasteiger partial charge in [0, 0.05) is 6.04 Å². The molecule has 2 N–H and O–H groups in total. The Balaban J connectivity index is 1.67. The van der Waals surface area contributed by atoms with Crippen molar-refractivity contribution in [1.29, 1.82) is 0 Å². The van der Waals surface area contributed by atoms with E-state index < -0.39 is 12.0 Å². The second-order valence-corrected chi connectivity index (χ2v) is 5.33.